The number of benzene rings is 3. The van der Waals surface area contributed by atoms with E-state index in [0.29, 0.717) is 10.7 Å². The van der Waals surface area contributed by atoms with Gasteiger partial charge in [-0.2, -0.15) is 5.11 Å². The van der Waals surface area contributed by atoms with Gasteiger partial charge in [0.2, 0.25) is 0 Å². The molecule has 0 saturated heterocycles. The summed E-state index contributed by atoms with van der Waals surface area (Å²) in [6.45, 7) is 0. The molecule has 0 amide bonds. The van der Waals surface area contributed by atoms with Crippen LogP contribution in [0, 0.1) is 0 Å². The maximum Gasteiger partial charge on any atom is 0.104 e. The zero-order chi connectivity index (χ0) is 14.5. The second-order valence-corrected chi connectivity index (χ2v) is 4.97. The smallest absolute Gasteiger partial charge is 0.104 e. The van der Waals surface area contributed by atoms with Gasteiger partial charge >= 0.3 is 0 Å². The van der Waals surface area contributed by atoms with Crippen LogP contribution < -0.4 is 0 Å². The fourth-order valence-electron chi connectivity index (χ4n) is 2.00. The van der Waals surface area contributed by atoms with E-state index in [1.54, 1.807) is 0 Å². The van der Waals surface area contributed by atoms with E-state index in [-0.39, 0.29) is 0 Å². The van der Waals surface area contributed by atoms with Crippen LogP contribution in [0.1, 0.15) is 0 Å². The number of hydrogen-bond donors (Lipinski definition) is 0. The van der Waals surface area contributed by atoms with Crippen LogP contribution in [0.4, 0.5) is 11.4 Å². The molecule has 0 spiro atoms. The number of nitrogens with zero attached hydrogens (tertiary/aromatic N) is 2. The summed E-state index contributed by atoms with van der Waals surface area (Å²) in [5.41, 5.74) is 3.67. The first-order chi connectivity index (χ1) is 10.3. The standard InChI is InChI=1S/C18H13ClN2/c19-17-13-15(14-7-3-1-4-8-14)11-12-18(17)21-20-16-9-5-2-6-10-16/h1-13H. The second kappa shape index (κ2) is 6.33. The Bertz CT molecular complexity index is 753. The molecule has 0 aliphatic rings. The van der Waals surface area contributed by atoms with Crippen LogP contribution in [0.3, 0.4) is 0 Å². The molecule has 0 aromatic heterocycles. The van der Waals surface area contributed by atoms with E-state index >= 15 is 0 Å². The molecule has 0 radical (unpaired) electrons. The highest BCUT2D eigenvalue weighted by molar-refractivity contribution is 6.33. The Hall–Kier alpha value is -2.45. The third kappa shape index (κ3) is 3.36. The lowest BCUT2D eigenvalue weighted by atomic mass is 10.1. The molecule has 0 unspecified atom stereocenters. The number of halogens is 1. The Morgan fingerprint density at radius 3 is 1.95 bits per heavy atom. The molecule has 0 saturated carbocycles. The third-order valence-corrected chi connectivity index (χ3v) is 3.39. The fraction of sp³-hybridized carbons (Fsp3) is 0. The molecule has 0 heterocycles. The molecule has 102 valence electrons. The summed E-state index contributed by atoms with van der Waals surface area (Å²) < 4.78 is 0. The average Bonchev–Trinajstić information content (AvgIpc) is 2.55. The van der Waals surface area contributed by atoms with E-state index in [4.69, 9.17) is 11.6 Å². The van der Waals surface area contributed by atoms with Crippen molar-refractivity contribution < 1.29 is 0 Å². The van der Waals surface area contributed by atoms with E-state index in [9.17, 15) is 0 Å². The zero-order valence-electron chi connectivity index (χ0n) is 11.3. The van der Waals surface area contributed by atoms with Gasteiger partial charge in [0.25, 0.3) is 0 Å². The van der Waals surface area contributed by atoms with Crippen LogP contribution in [0.15, 0.2) is 89.1 Å². The Kier molecular flexibility index (Phi) is 4.08. The Labute approximate surface area is 128 Å². The van der Waals surface area contributed by atoms with Crippen LogP contribution in [-0.2, 0) is 0 Å². The largest absolute Gasteiger partial charge is 0.151 e. The van der Waals surface area contributed by atoms with Crippen LogP contribution in [0.25, 0.3) is 11.1 Å². The Balaban J connectivity index is 1.87. The fourth-order valence-corrected chi connectivity index (χ4v) is 2.22. The van der Waals surface area contributed by atoms with Crippen molar-refractivity contribution in [2.75, 3.05) is 0 Å². The first kappa shape index (κ1) is 13.5. The molecule has 0 fully saturated rings. The normalized spacial score (nSPS) is 10.9. The summed E-state index contributed by atoms with van der Waals surface area (Å²) in [7, 11) is 0. The van der Waals surface area contributed by atoms with Crippen molar-refractivity contribution in [3.8, 4) is 11.1 Å². The summed E-state index contributed by atoms with van der Waals surface area (Å²) in [6, 6.07) is 25.5. The molecular formula is C18H13ClN2. The van der Waals surface area contributed by atoms with Crippen molar-refractivity contribution in [3.05, 3.63) is 83.9 Å². The van der Waals surface area contributed by atoms with E-state index in [1.807, 2.05) is 66.7 Å². The lowest BCUT2D eigenvalue weighted by molar-refractivity contribution is 1.23. The maximum atomic E-state index is 6.29. The van der Waals surface area contributed by atoms with Gasteiger partial charge in [0, 0.05) is 0 Å². The highest BCUT2D eigenvalue weighted by Gasteiger charge is 2.03. The summed E-state index contributed by atoms with van der Waals surface area (Å²) in [6.07, 6.45) is 0. The van der Waals surface area contributed by atoms with E-state index in [0.717, 1.165) is 16.8 Å². The van der Waals surface area contributed by atoms with Gasteiger partial charge in [-0.3, -0.25) is 0 Å². The minimum atomic E-state index is 0.594. The topological polar surface area (TPSA) is 24.7 Å². The summed E-state index contributed by atoms with van der Waals surface area (Å²) >= 11 is 6.29. The van der Waals surface area contributed by atoms with Gasteiger partial charge in [0.05, 0.1) is 10.7 Å². The van der Waals surface area contributed by atoms with E-state index in [2.05, 4.69) is 22.4 Å². The summed E-state index contributed by atoms with van der Waals surface area (Å²) in [5.74, 6) is 0. The zero-order valence-corrected chi connectivity index (χ0v) is 12.0. The van der Waals surface area contributed by atoms with Crippen LogP contribution in [-0.4, -0.2) is 0 Å². The average molecular weight is 293 g/mol. The van der Waals surface area contributed by atoms with Crippen LogP contribution in [0.2, 0.25) is 5.02 Å². The van der Waals surface area contributed by atoms with Gasteiger partial charge in [0.15, 0.2) is 0 Å². The summed E-state index contributed by atoms with van der Waals surface area (Å²) in [4.78, 5) is 0. The number of hydrogen-bond acceptors (Lipinski definition) is 2. The van der Waals surface area contributed by atoms with Gasteiger partial charge in [-0.15, -0.1) is 5.11 Å². The molecule has 3 rings (SSSR count). The van der Waals surface area contributed by atoms with Crippen molar-refractivity contribution in [1.29, 1.82) is 0 Å². The van der Waals surface area contributed by atoms with Crippen LogP contribution >= 0.6 is 11.6 Å². The highest BCUT2D eigenvalue weighted by atomic mass is 35.5. The first-order valence-corrected chi connectivity index (χ1v) is 7.02. The van der Waals surface area contributed by atoms with Gasteiger partial charge in [-0.1, -0.05) is 66.2 Å². The van der Waals surface area contributed by atoms with Crippen LogP contribution in [0.5, 0.6) is 0 Å². The van der Waals surface area contributed by atoms with E-state index < -0.39 is 0 Å². The molecule has 2 nitrogen and oxygen atoms in total. The van der Waals surface area contributed by atoms with E-state index in [1.165, 1.54) is 0 Å². The maximum absolute atomic E-state index is 6.29. The monoisotopic (exact) mass is 292 g/mol. The van der Waals surface area contributed by atoms with Crippen molar-refractivity contribution in [2.24, 2.45) is 10.2 Å². The number of rotatable bonds is 3. The lowest BCUT2D eigenvalue weighted by Crippen LogP contribution is -1.77. The quantitative estimate of drug-likeness (QED) is 0.497. The van der Waals surface area contributed by atoms with Crippen molar-refractivity contribution in [1.82, 2.24) is 0 Å². The molecule has 3 heteroatoms. The molecule has 0 atom stereocenters. The second-order valence-electron chi connectivity index (χ2n) is 4.57. The SMILES string of the molecule is Clc1cc(-c2ccccc2)ccc1N=Nc1ccccc1. The molecule has 0 bridgehead atoms. The van der Waals surface area contributed by atoms with Crippen molar-refractivity contribution in [3.63, 3.8) is 0 Å². The Morgan fingerprint density at radius 2 is 1.29 bits per heavy atom. The lowest BCUT2D eigenvalue weighted by Gasteiger charge is -2.03. The molecule has 0 N–H and O–H groups in total. The minimum Gasteiger partial charge on any atom is -0.151 e. The molecular weight excluding hydrogens is 280 g/mol. The molecule has 0 aliphatic carbocycles. The third-order valence-electron chi connectivity index (χ3n) is 3.08. The van der Waals surface area contributed by atoms with Gasteiger partial charge in [-0.05, 0) is 35.4 Å². The summed E-state index contributed by atoms with van der Waals surface area (Å²) in [5, 5.41) is 8.98. The van der Waals surface area contributed by atoms with Crippen molar-refractivity contribution >= 4 is 23.0 Å². The van der Waals surface area contributed by atoms with Gasteiger partial charge in [0.1, 0.15) is 5.69 Å². The molecule has 21 heavy (non-hydrogen) atoms. The number of azo groups is 1. The molecule has 3 aromatic carbocycles. The van der Waals surface area contributed by atoms with Gasteiger partial charge < -0.3 is 0 Å². The Morgan fingerprint density at radius 1 is 0.619 bits per heavy atom. The van der Waals surface area contributed by atoms with Gasteiger partial charge in [-0.25, -0.2) is 0 Å². The molecule has 0 aliphatic heterocycles. The van der Waals surface area contributed by atoms with Crippen molar-refractivity contribution in [2.45, 2.75) is 0 Å². The predicted octanol–water partition coefficient (Wildman–Crippen LogP) is 6.42. The first-order valence-electron chi connectivity index (χ1n) is 6.65. The highest BCUT2D eigenvalue weighted by Crippen LogP contribution is 2.31. The minimum absolute atomic E-state index is 0.594. The predicted molar refractivity (Wildman–Crippen MR) is 87.5 cm³/mol. The molecule has 3 aromatic rings.